The standard InChI is InChI=1S/C32H35N9O6/c33-22(9-17-13-36-23-7-3-1-5-20(17)23)29(43)39-25(10-18-14-37-24-8-4-2-6-21(18)24)30(44)40-26(12-28(34)42)31(45)41-27(32(46)47)11-19-15-35-16-38-19/h1-8,13-16,22,25-27,36-37H,9-12,33H2,(H2,34,42)(H,35,38)(H,39,43)(H,40,44)(H,41,45)(H,46,47). The molecule has 0 spiro atoms. The second-order valence-electron chi connectivity index (χ2n) is 11.2. The minimum absolute atomic E-state index is 0.00385. The number of carbonyl (C=O) groups excluding carboxylic acids is 4. The van der Waals surface area contributed by atoms with Crippen LogP contribution in [0.2, 0.25) is 0 Å². The molecule has 0 radical (unpaired) electrons. The third-order valence-electron chi connectivity index (χ3n) is 7.82. The highest BCUT2D eigenvalue weighted by Gasteiger charge is 2.32. The lowest BCUT2D eigenvalue weighted by Crippen LogP contribution is -2.58. The van der Waals surface area contributed by atoms with Crippen LogP contribution in [0.25, 0.3) is 21.8 Å². The van der Waals surface area contributed by atoms with E-state index < -0.39 is 60.2 Å². The first-order valence-electron chi connectivity index (χ1n) is 14.8. The van der Waals surface area contributed by atoms with E-state index in [1.165, 1.54) is 12.5 Å². The molecule has 15 heteroatoms. The first kappa shape index (κ1) is 32.4. The van der Waals surface area contributed by atoms with Gasteiger partial charge in [-0.2, -0.15) is 0 Å². The summed E-state index contributed by atoms with van der Waals surface area (Å²) >= 11 is 0. The van der Waals surface area contributed by atoms with Crippen molar-refractivity contribution in [2.45, 2.75) is 49.9 Å². The molecule has 2 aromatic carbocycles. The summed E-state index contributed by atoms with van der Waals surface area (Å²) in [6.45, 7) is 0. The predicted octanol–water partition coefficient (Wildman–Crippen LogP) is 0.142. The van der Waals surface area contributed by atoms with Gasteiger partial charge in [-0.05, 0) is 29.7 Å². The third-order valence-corrected chi connectivity index (χ3v) is 7.82. The summed E-state index contributed by atoms with van der Waals surface area (Å²) in [4.78, 5) is 77.2. The Labute approximate surface area is 267 Å². The number of H-pyrrole nitrogens is 3. The number of aromatic nitrogens is 4. The first-order chi connectivity index (χ1) is 22.6. The van der Waals surface area contributed by atoms with Crippen molar-refractivity contribution >= 4 is 51.4 Å². The molecule has 4 amide bonds. The van der Waals surface area contributed by atoms with E-state index in [-0.39, 0.29) is 19.3 Å². The topological polar surface area (TPSA) is 254 Å². The van der Waals surface area contributed by atoms with Crippen LogP contribution in [-0.4, -0.2) is 78.8 Å². The molecule has 3 aromatic heterocycles. The number of amides is 4. The van der Waals surface area contributed by atoms with Crippen molar-refractivity contribution in [2.24, 2.45) is 11.5 Å². The number of nitrogens with zero attached hydrogens (tertiary/aromatic N) is 1. The van der Waals surface area contributed by atoms with Crippen molar-refractivity contribution in [3.8, 4) is 0 Å². The van der Waals surface area contributed by atoms with Gasteiger partial charge in [0.25, 0.3) is 0 Å². The van der Waals surface area contributed by atoms with Gasteiger partial charge in [0.05, 0.1) is 18.8 Å². The van der Waals surface area contributed by atoms with E-state index in [2.05, 4.69) is 35.9 Å². The molecular weight excluding hydrogens is 606 g/mol. The van der Waals surface area contributed by atoms with Gasteiger partial charge in [0, 0.05) is 58.9 Å². The Hall–Kier alpha value is -5.96. The van der Waals surface area contributed by atoms with Crippen LogP contribution in [-0.2, 0) is 43.2 Å². The SMILES string of the molecule is NC(=O)CC(NC(=O)C(Cc1c[nH]c2ccccc12)NC(=O)C(N)Cc1c[nH]c2ccccc12)C(=O)NC(Cc1cnc[nH]1)C(=O)O. The van der Waals surface area contributed by atoms with Gasteiger partial charge >= 0.3 is 5.97 Å². The van der Waals surface area contributed by atoms with Crippen molar-refractivity contribution in [2.75, 3.05) is 0 Å². The highest BCUT2D eigenvalue weighted by molar-refractivity contribution is 5.97. The number of aromatic amines is 3. The number of nitrogens with two attached hydrogens (primary N) is 2. The maximum absolute atomic E-state index is 13.8. The molecule has 11 N–H and O–H groups in total. The normalized spacial score (nSPS) is 13.8. The summed E-state index contributed by atoms with van der Waals surface area (Å²) in [6, 6.07) is 9.77. The van der Waals surface area contributed by atoms with Crippen LogP contribution in [0.15, 0.2) is 73.4 Å². The van der Waals surface area contributed by atoms with E-state index in [1.807, 2.05) is 48.5 Å². The fourth-order valence-corrected chi connectivity index (χ4v) is 5.41. The average Bonchev–Trinajstić information content (AvgIpc) is 3.81. The molecule has 4 atom stereocenters. The lowest BCUT2D eigenvalue weighted by molar-refractivity contribution is -0.142. The van der Waals surface area contributed by atoms with Crippen LogP contribution in [0.4, 0.5) is 0 Å². The summed E-state index contributed by atoms with van der Waals surface area (Å²) in [5, 5.41) is 19.0. The largest absolute Gasteiger partial charge is 0.480 e. The number of benzene rings is 2. The molecule has 5 rings (SSSR count). The molecule has 0 aliphatic heterocycles. The number of carbonyl (C=O) groups is 5. The molecule has 15 nitrogen and oxygen atoms in total. The van der Waals surface area contributed by atoms with Gasteiger partial charge in [0.2, 0.25) is 23.6 Å². The second kappa shape index (κ2) is 14.4. The van der Waals surface area contributed by atoms with Crippen LogP contribution in [0, 0.1) is 0 Å². The van der Waals surface area contributed by atoms with Gasteiger partial charge in [-0.25, -0.2) is 9.78 Å². The van der Waals surface area contributed by atoms with Crippen molar-refractivity contribution in [1.29, 1.82) is 0 Å². The number of hydrogen-bond donors (Lipinski definition) is 9. The maximum Gasteiger partial charge on any atom is 0.326 e. The maximum atomic E-state index is 13.8. The van der Waals surface area contributed by atoms with Gasteiger partial charge in [-0.3, -0.25) is 19.2 Å². The van der Waals surface area contributed by atoms with Crippen molar-refractivity contribution < 1.29 is 29.1 Å². The summed E-state index contributed by atoms with van der Waals surface area (Å²) in [7, 11) is 0. The molecule has 244 valence electrons. The number of hydrogen-bond acceptors (Lipinski definition) is 7. The van der Waals surface area contributed by atoms with E-state index in [1.54, 1.807) is 12.4 Å². The van der Waals surface area contributed by atoms with Crippen LogP contribution in [0.1, 0.15) is 23.2 Å². The monoisotopic (exact) mass is 641 g/mol. The Morgan fingerprint density at radius 1 is 0.723 bits per heavy atom. The van der Waals surface area contributed by atoms with E-state index in [4.69, 9.17) is 11.5 Å². The summed E-state index contributed by atoms with van der Waals surface area (Å²) in [5.41, 5.74) is 15.4. The second-order valence-corrected chi connectivity index (χ2v) is 11.2. The zero-order valence-electron chi connectivity index (χ0n) is 25.2. The molecule has 47 heavy (non-hydrogen) atoms. The van der Waals surface area contributed by atoms with Crippen molar-refractivity contribution in [3.05, 3.63) is 90.3 Å². The number of nitrogens with one attached hydrogen (secondary N) is 6. The summed E-state index contributed by atoms with van der Waals surface area (Å²) in [6.07, 6.45) is 5.68. The molecule has 3 heterocycles. The lowest BCUT2D eigenvalue weighted by Gasteiger charge is -2.25. The highest BCUT2D eigenvalue weighted by Crippen LogP contribution is 2.21. The molecule has 0 saturated carbocycles. The minimum atomic E-state index is -1.54. The number of carboxylic acids is 1. The lowest BCUT2D eigenvalue weighted by atomic mass is 10.0. The molecule has 0 saturated heterocycles. The van der Waals surface area contributed by atoms with Crippen molar-refractivity contribution in [3.63, 3.8) is 0 Å². The van der Waals surface area contributed by atoms with E-state index in [0.29, 0.717) is 11.3 Å². The number of primary amides is 1. The Bertz CT molecular complexity index is 1900. The van der Waals surface area contributed by atoms with Crippen LogP contribution in [0.3, 0.4) is 0 Å². The molecule has 0 aliphatic rings. The summed E-state index contributed by atoms with van der Waals surface area (Å²) in [5.74, 6) is -4.62. The zero-order valence-corrected chi connectivity index (χ0v) is 25.2. The summed E-state index contributed by atoms with van der Waals surface area (Å²) < 4.78 is 0. The van der Waals surface area contributed by atoms with E-state index in [9.17, 15) is 29.1 Å². The van der Waals surface area contributed by atoms with Gasteiger partial charge in [0.1, 0.15) is 18.1 Å². The average molecular weight is 642 g/mol. The number of aliphatic carboxylic acids is 1. The third kappa shape index (κ3) is 8.01. The number of imidazole rings is 1. The Morgan fingerprint density at radius 2 is 1.28 bits per heavy atom. The Kier molecular flexibility index (Phi) is 9.96. The smallest absolute Gasteiger partial charge is 0.326 e. The fraction of sp³-hybridized carbons (Fsp3) is 0.250. The van der Waals surface area contributed by atoms with Gasteiger partial charge in [0.15, 0.2) is 0 Å². The van der Waals surface area contributed by atoms with E-state index in [0.717, 1.165) is 27.4 Å². The van der Waals surface area contributed by atoms with Gasteiger partial charge in [-0.15, -0.1) is 0 Å². The van der Waals surface area contributed by atoms with Crippen LogP contribution < -0.4 is 27.4 Å². The van der Waals surface area contributed by atoms with Crippen LogP contribution >= 0.6 is 0 Å². The Morgan fingerprint density at radius 3 is 1.85 bits per heavy atom. The molecule has 0 fully saturated rings. The number of rotatable bonds is 15. The van der Waals surface area contributed by atoms with E-state index >= 15 is 0 Å². The quantitative estimate of drug-likeness (QED) is 0.0758. The molecule has 0 aliphatic carbocycles. The molecular formula is C32H35N9O6. The van der Waals surface area contributed by atoms with Gasteiger partial charge < -0.3 is 47.5 Å². The van der Waals surface area contributed by atoms with Crippen molar-refractivity contribution in [1.82, 2.24) is 35.9 Å². The fourth-order valence-electron chi connectivity index (χ4n) is 5.41. The molecule has 0 bridgehead atoms. The Balaban J connectivity index is 1.35. The first-order valence-corrected chi connectivity index (χ1v) is 14.8. The zero-order chi connectivity index (χ0) is 33.5. The van der Waals surface area contributed by atoms with Crippen LogP contribution in [0.5, 0.6) is 0 Å². The number of carboxylic acid groups (broad SMARTS) is 1. The van der Waals surface area contributed by atoms with Gasteiger partial charge in [-0.1, -0.05) is 36.4 Å². The molecule has 4 unspecified atom stereocenters. The highest BCUT2D eigenvalue weighted by atomic mass is 16.4. The number of para-hydroxylation sites is 2. The molecule has 5 aromatic rings. The minimum Gasteiger partial charge on any atom is -0.480 e. The number of fused-ring (bicyclic) bond motifs is 2. The predicted molar refractivity (Wildman–Crippen MR) is 172 cm³/mol.